The minimum absolute atomic E-state index is 0.203. The molecule has 2 rings (SSSR count). The van der Waals surface area contributed by atoms with Crippen LogP contribution in [0, 0.1) is 0 Å². The lowest BCUT2D eigenvalue weighted by Gasteiger charge is -2.22. The summed E-state index contributed by atoms with van der Waals surface area (Å²) < 4.78 is 16.0. The molecule has 0 unspecified atom stereocenters. The van der Waals surface area contributed by atoms with Crippen LogP contribution >= 0.6 is 0 Å². The van der Waals surface area contributed by atoms with Gasteiger partial charge in [-0.1, -0.05) is 12.1 Å². The molecule has 1 aromatic carbocycles. The number of carbonyl (C=O) groups excluding carboxylic acids is 2. The van der Waals surface area contributed by atoms with E-state index in [-0.39, 0.29) is 25.1 Å². The number of ether oxygens (including phenoxy) is 3. The number of carbonyl (C=O) groups is 2. The Morgan fingerprint density at radius 2 is 1.50 bits per heavy atom. The molecule has 0 aromatic heterocycles. The van der Waals surface area contributed by atoms with Gasteiger partial charge in [0.05, 0.1) is 19.8 Å². The van der Waals surface area contributed by atoms with Crippen LogP contribution in [0.3, 0.4) is 0 Å². The quantitative estimate of drug-likeness (QED) is 0.348. The van der Waals surface area contributed by atoms with Crippen molar-refractivity contribution in [1.29, 1.82) is 0 Å². The van der Waals surface area contributed by atoms with Crippen LogP contribution in [0.4, 0.5) is 0 Å². The first-order chi connectivity index (χ1) is 15.7. The maximum absolute atomic E-state index is 12.3. The first kappa shape index (κ1) is 26.1. The van der Waals surface area contributed by atoms with Crippen LogP contribution in [-0.2, 0) is 25.7 Å². The summed E-state index contributed by atoms with van der Waals surface area (Å²) in [5, 5.41) is 10.1. The highest BCUT2D eigenvalue weighted by Crippen LogP contribution is 2.13. The maximum Gasteiger partial charge on any atom is 0.320 e. The average Bonchev–Trinajstić information content (AvgIpc) is 2.78. The Morgan fingerprint density at radius 3 is 2.12 bits per heavy atom. The van der Waals surface area contributed by atoms with Gasteiger partial charge in [-0.05, 0) is 31.0 Å². The SMILES string of the molecule is CCOC(=O)CCCOc1ccc(COC(=O)CN2CCNCCNCCNCC2)cc1. The third kappa shape index (κ3) is 12.0. The van der Waals surface area contributed by atoms with E-state index in [9.17, 15) is 9.59 Å². The average molecular weight is 451 g/mol. The van der Waals surface area contributed by atoms with Crippen molar-refractivity contribution in [3.8, 4) is 5.75 Å². The second kappa shape index (κ2) is 16.4. The molecule has 32 heavy (non-hydrogen) atoms. The summed E-state index contributed by atoms with van der Waals surface area (Å²) in [7, 11) is 0. The van der Waals surface area contributed by atoms with Gasteiger partial charge in [0.2, 0.25) is 0 Å². The Hall–Kier alpha value is -2.20. The summed E-state index contributed by atoms with van der Waals surface area (Å²) in [4.78, 5) is 25.7. The van der Waals surface area contributed by atoms with Crippen molar-refractivity contribution in [3.05, 3.63) is 29.8 Å². The Bertz CT molecular complexity index is 644. The van der Waals surface area contributed by atoms with E-state index in [1.54, 1.807) is 6.92 Å². The smallest absolute Gasteiger partial charge is 0.320 e. The highest BCUT2D eigenvalue weighted by Gasteiger charge is 2.12. The third-order valence-electron chi connectivity index (χ3n) is 4.94. The lowest BCUT2D eigenvalue weighted by Crippen LogP contribution is -2.43. The maximum atomic E-state index is 12.3. The Morgan fingerprint density at radius 1 is 0.875 bits per heavy atom. The van der Waals surface area contributed by atoms with Crippen LogP contribution in [-0.4, -0.2) is 89.0 Å². The molecule has 0 amide bonds. The fourth-order valence-corrected chi connectivity index (χ4v) is 3.19. The van der Waals surface area contributed by atoms with Crippen molar-refractivity contribution in [3.63, 3.8) is 0 Å². The summed E-state index contributed by atoms with van der Waals surface area (Å²) >= 11 is 0. The van der Waals surface area contributed by atoms with Gasteiger partial charge in [-0.2, -0.15) is 0 Å². The van der Waals surface area contributed by atoms with Crippen LogP contribution < -0.4 is 20.7 Å². The molecule has 1 aliphatic heterocycles. The topological polar surface area (TPSA) is 101 Å². The van der Waals surface area contributed by atoms with E-state index >= 15 is 0 Å². The van der Waals surface area contributed by atoms with E-state index in [0.29, 0.717) is 26.1 Å². The number of rotatable bonds is 10. The van der Waals surface area contributed by atoms with Gasteiger partial charge >= 0.3 is 11.9 Å². The molecule has 180 valence electrons. The van der Waals surface area contributed by atoms with Crippen LogP contribution in [0.5, 0.6) is 5.75 Å². The highest BCUT2D eigenvalue weighted by atomic mass is 16.5. The molecule has 1 saturated heterocycles. The number of hydrogen-bond donors (Lipinski definition) is 3. The van der Waals surface area contributed by atoms with Crippen LogP contribution in [0.15, 0.2) is 24.3 Å². The second-order valence-electron chi connectivity index (χ2n) is 7.59. The van der Waals surface area contributed by atoms with Gasteiger partial charge < -0.3 is 30.2 Å². The fraction of sp³-hybridized carbons (Fsp3) is 0.652. The molecule has 0 saturated carbocycles. The van der Waals surface area contributed by atoms with Crippen LogP contribution in [0.1, 0.15) is 25.3 Å². The minimum atomic E-state index is -0.224. The van der Waals surface area contributed by atoms with E-state index in [2.05, 4.69) is 20.9 Å². The molecule has 9 heteroatoms. The van der Waals surface area contributed by atoms with E-state index in [1.807, 2.05) is 24.3 Å². The van der Waals surface area contributed by atoms with Crippen LogP contribution in [0.2, 0.25) is 0 Å². The summed E-state index contributed by atoms with van der Waals surface area (Å²) in [5.74, 6) is 0.294. The molecule has 0 spiro atoms. The molecule has 1 aliphatic rings. The van der Waals surface area contributed by atoms with Crippen LogP contribution in [0.25, 0.3) is 0 Å². The molecule has 0 aliphatic carbocycles. The van der Waals surface area contributed by atoms with Crippen molar-refractivity contribution in [2.24, 2.45) is 0 Å². The highest BCUT2D eigenvalue weighted by molar-refractivity contribution is 5.71. The fourth-order valence-electron chi connectivity index (χ4n) is 3.19. The Labute approximate surface area is 191 Å². The van der Waals surface area contributed by atoms with Crippen molar-refractivity contribution in [2.45, 2.75) is 26.4 Å². The monoisotopic (exact) mass is 450 g/mol. The van der Waals surface area contributed by atoms with Gasteiger partial charge in [0.15, 0.2) is 0 Å². The predicted molar refractivity (Wildman–Crippen MR) is 123 cm³/mol. The molecular weight excluding hydrogens is 412 g/mol. The molecule has 1 aromatic rings. The summed E-state index contributed by atoms with van der Waals surface area (Å²) in [6.45, 7) is 10.2. The summed E-state index contributed by atoms with van der Waals surface area (Å²) in [5.41, 5.74) is 0.904. The van der Waals surface area contributed by atoms with Gasteiger partial charge in [0.25, 0.3) is 0 Å². The largest absolute Gasteiger partial charge is 0.494 e. The molecule has 1 heterocycles. The van der Waals surface area contributed by atoms with Crippen molar-refractivity contribution >= 4 is 11.9 Å². The van der Waals surface area contributed by atoms with Gasteiger partial charge in [0.1, 0.15) is 12.4 Å². The zero-order valence-corrected chi connectivity index (χ0v) is 19.2. The first-order valence-corrected chi connectivity index (χ1v) is 11.5. The first-order valence-electron chi connectivity index (χ1n) is 11.5. The number of esters is 2. The zero-order valence-electron chi connectivity index (χ0n) is 19.2. The molecule has 0 radical (unpaired) electrons. The van der Waals surface area contributed by atoms with Gasteiger partial charge in [0, 0.05) is 58.8 Å². The van der Waals surface area contributed by atoms with Gasteiger partial charge in [-0.3, -0.25) is 14.5 Å². The molecular formula is C23H38N4O5. The van der Waals surface area contributed by atoms with Crippen molar-refractivity contribution in [1.82, 2.24) is 20.9 Å². The zero-order chi connectivity index (χ0) is 22.9. The van der Waals surface area contributed by atoms with Gasteiger partial charge in [-0.15, -0.1) is 0 Å². The minimum Gasteiger partial charge on any atom is -0.494 e. The van der Waals surface area contributed by atoms with E-state index < -0.39 is 0 Å². The third-order valence-corrected chi connectivity index (χ3v) is 4.94. The Balaban J connectivity index is 1.65. The Kier molecular flexibility index (Phi) is 13.4. The summed E-state index contributed by atoms with van der Waals surface area (Å²) in [6.07, 6.45) is 0.957. The van der Waals surface area contributed by atoms with Gasteiger partial charge in [-0.25, -0.2) is 0 Å². The molecule has 1 fully saturated rings. The number of nitrogens with zero attached hydrogens (tertiary/aromatic N) is 1. The number of benzene rings is 1. The van der Waals surface area contributed by atoms with Crippen molar-refractivity contribution < 1.29 is 23.8 Å². The normalized spacial score (nSPS) is 16.4. The molecule has 0 atom stereocenters. The van der Waals surface area contributed by atoms with E-state index in [0.717, 1.165) is 63.7 Å². The molecule has 3 N–H and O–H groups in total. The predicted octanol–water partition coefficient (Wildman–Crippen LogP) is 0.536. The molecule has 9 nitrogen and oxygen atoms in total. The molecule has 0 bridgehead atoms. The second-order valence-corrected chi connectivity index (χ2v) is 7.59. The number of hydrogen-bond acceptors (Lipinski definition) is 9. The van der Waals surface area contributed by atoms with E-state index in [1.165, 1.54) is 0 Å². The lowest BCUT2D eigenvalue weighted by molar-refractivity contribution is -0.146. The number of nitrogens with one attached hydrogen (secondary N) is 3. The standard InChI is InChI=1S/C23H38N4O5/c1-2-30-22(28)4-3-17-31-21-7-5-20(6-8-21)19-32-23(29)18-27-15-13-25-11-9-24-10-12-26-14-16-27/h5-8,24-26H,2-4,9-19H2,1H3. The van der Waals surface area contributed by atoms with Crippen molar-refractivity contribution in [2.75, 3.05) is 72.1 Å². The summed E-state index contributed by atoms with van der Waals surface area (Å²) in [6, 6.07) is 7.45. The van der Waals surface area contributed by atoms with E-state index in [4.69, 9.17) is 14.2 Å². The lowest BCUT2D eigenvalue weighted by atomic mass is 10.2.